The minimum absolute atomic E-state index is 0.153. The molecule has 0 spiro atoms. The summed E-state index contributed by atoms with van der Waals surface area (Å²) in [5.41, 5.74) is -0.563. The Bertz CT molecular complexity index is 371. The number of carbonyl (C=O) groups excluding carboxylic acids is 2. The van der Waals surface area contributed by atoms with Crippen molar-refractivity contribution in [1.29, 1.82) is 0 Å². The minimum atomic E-state index is -0.594. The van der Waals surface area contributed by atoms with E-state index < -0.39 is 17.7 Å². The summed E-state index contributed by atoms with van der Waals surface area (Å²) in [5, 5.41) is 5.58. The second kappa shape index (κ2) is 8.36. The second-order valence-electron chi connectivity index (χ2n) is 6.99. The van der Waals surface area contributed by atoms with Crippen molar-refractivity contribution in [2.24, 2.45) is 0 Å². The van der Waals surface area contributed by atoms with Crippen LogP contribution in [0.25, 0.3) is 0 Å². The Balaban J connectivity index is 2.31. The van der Waals surface area contributed by atoms with Crippen LogP contribution >= 0.6 is 0 Å². The average Bonchev–Trinajstić information content (AvgIpc) is 2.39. The van der Waals surface area contributed by atoms with Crippen molar-refractivity contribution in [2.75, 3.05) is 19.6 Å². The molecule has 0 aromatic carbocycles. The molecule has 1 fully saturated rings. The van der Waals surface area contributed by atoms with Crippen LogP contribution in [0.5, 0.6) is 0 Å². The topological polar surface area (TPSA) is 70.7 Å². The first-order valence-corrected chi connectivity index (χ1v) is 8.23. The lowest BCUT2D eigenvalue weighted by atomic mass is 10.0. The van der Waals surface area contributed by atoms with E-state index in [1.165, 1.54) is 0 Å². The number of hydrogen-bond donors (Lipinski definition) is 2. The molecule has 1 aliphatic heterocycles. The Morgan fingerprint density at radius 1 is 1.27 bits per heavy atom. The molecular weight excluding hydrogens is 282 g/mol. The summed E-state index contributed by atoms with van der Waals surface area (Å²) in [6, 6.07) is -0.396. The van der Waals surface area contributed by atoms with E-state index in [0.29, 0.717) is 0 Å². The lowest BCUT2D eigenvalue weighted by Crippen LogP contribution is -2.51. The van der Waals surface area contributed by atoms with Crippen LogP contribution < -0.4 is 10.6 Å². The first-order valence-electron chi connectivity index (χ1n) is 8.23. The summed E-state index contributed by atoms with van der Waals surface area (Å²) in [4.78, 5) is 26.2. The van der Waals surface area contributed by atoms with Crippen molar-refractivity contribution in [1.82, 2.24) is 15.5 Å². The maximum Gasteiger partial charge on any atom is 0.408 e. The molecule has 0 aliphatic carbocycles. The standard InChI is InChI=1S/C16H31N3O3/c1-6-9-19-10-7-13(8-11-19)18-14(20)12(2)17-15(21)22-16(3,4)5/h12-13H,6-11H2,1-5H3,(H,17,21)(H,18,20). The number of likely N-dealkylation sites (tertiary alicyclic amines) is 1. The van der Waals surface area contributed by atoms with Gasteiger partial charge >= 0.3 is 6.09 Å². The highest BCUT2D eigenvalue weighted by molar-refractivity contribution is 5.85. The number of carbonyl (C=O) groups is 2. The number of nitrogens with zero attached hydrogens (tertiary/aromatic N) is 1. The molecule has 22 heavy (non-hydrogen) atoms. The zero-order valence-corrected chi connectivity index (χ0v) is 14.6. The normalized spacial score (nSPS) is 18.6. The highest BCUT2D eigenvalue weighted by Gasteiger charge is 2.24. The smallest absolute Gasteiger partial charge is 0.408 e. The molecule has 0 saturated carbocycles. The van der Waals surface area contributed by atoms with Gasteiger partial charge in [-0.15, -0.1) is 0 Å². The number of piperidine rings is 1. The first kappa shape index (κ1) is 18.7. The Morgan fingerprint density at radius 3 is 2.36 bits per heavy atom. The molecule has 0 radical (unpaired) electrons. The van der Waals surface area contributed by atoms with E-state index in [0.717, 1.165) is 38.9 Å². The fourth-order valence-corrected chi connectivity index (χ4v) is 2.49. The van der Waals surface area contributed by atoms with Gasteiger partial charge in [0.1, 0.15) is 11.6 Å². The number of hydrogen-bond acceptors (Lipinski definition) is 4. The molecule has 0 bridgehead atoms. The molecule has 1 unspecified atom stereocenters. The van der Waals surface area contributed by atoms with Crippen molar-refractivity contribution in [2.45, 2.75) is 71.6 Å². The van der Waals surface area contributed by atoms with Crippen molar-refractivity contribution >= 4 is 12.0 Å². The zero-order valence-electron chi connectivity index (χ0n) is 14.6. The average molecular weight is 313 g/mol. The Hall–Kier alpha value is -1.30. The summed E-state index contributed by atoms with van der Waals surface area (Å²) in [7, 11) is 0. The molecule has 1 saturated heterocycles. The molecule has 2 amide bonds. The number of rotatable bonds is 5. The molecule has 6 nitrogen and oxygen atoms in total. The van der Waals surface area contributed by atoms with Crippen molar-refractivity contribution < 1.29 is 14.3 Å². The third kappa shape index (κ3) is 7.11. The van der Waals surface area contributed by atoms with E-state index in [-0.39, 0.29) is 11.9 Å². The minimum Gasteiger partial charge on any atom is -0.444 e. The van der Waals surface area contributed by atoms with Crippen LogP contribution in [0.15, 0.2) is 0 Å². The van der Waals surface area contributed by atoms with Gasteiger partial charge in [0.25, 0.3) is 0 Å². The maximum atomic E-state index is 12.1. The van der Waals surface area contributed by atoms with E-state index in [9.17, 15) is 9.59 Å². The van der Waals surface area contributed by atoms with E-state index in [2.05, 4.69) is 22.5 Å². The number of alkyl carbamates (subject to hydrolysis) is 1. The van der Waals surface area contributed by atoms with Gasteiger partial charge < -0.3 is 20.3 Å². The lowest BCUT2D eigenvalue weighted by molar-refractivity contribution is -0.123. The van der Waals surface area contributed by atoms with Gasteiger partial charge in [-0.05, 0) is 53.5 Å². The Kier molecular flexibility index (Phi) is 7.13. The number of ether oxygens (including phenoxy) is 1. The molecule has 0 aromatic rings. The van der Waals surface area contributed by atoms with Gasteiger partial charge in [0.15, 0.2) is 0 Å². The highest BCUT2D eigenvalue weighted by atomic mass is 16.6. The third-order valence-corrected chi connectivity index (χ3v) is 3.60. The summed E-state index contributed by atoms with van der Waals surface area (Å²) in [6.45, 7) is 12.4. The summed E-state index contributed by atoms with van der Waals surface area (Å²) >= 11 is 0. The maximum absolute atomic E-state index is 12.1. The van der Waals surface area contributed by atoms with Gasteiger partial charge in [-0.1, -0.05) is 6.92 Å². The molecule has 1 heterocycles. The van der Waals surface area contributed by atoms with Crippen LogP contribution in [0.2, 0.25) is 0 Å². The largest absolute Gasteiger partial charge is 0.444 e. The van der Waals surface area contributed by atoms with Crippen LogP contribution in [0.3, 0.4) is 0 Å². The molecule has 1 rings (SSSR count). The quantitative estimate of drug-likeness (QED) is 0.813. The van der Waals surface area contributed by atoms with Crippen LogP contribution in [0, 0.1) is 0 Å². The van der Waals surface area contributed by atoms with E-state index >= 15 is 0 Å². The monoisotopic (exact) mass is 313 g/mol. The molecule has 1 atom stereocenters. The SMILES string of the molecule is CCCN1CCC(NC(=O)C(C)NC(=O)OC(C)(C)C)CC1. The summed E-state index contributed by atoms with van der Waals surface area (Å²) in [6.07, 6.45) is 2.52. The Morgan fingerprint density at radius 2 is 1.86 bits per heavy atom. The molecule has 1 aliphatic rings. The Labute approximate surface area is 134 Å². The van der Waals surface area contributed by atoms with Crippen LogP contribution in [0.4, 0.5) is 4.79 Å². The van der Waals surface area contributed by atoms with Crippen LogP contribution in [-0.2, 0) is 9.53 Å². The molecule has 128 valence electrons. The molecule has 2 N–H and O–H groups in total. The fourth-order valence-electron chi connectivity index (χ4n) is 2.49. The van der Waals surface area contributed by atoms with E-state index in [1.54, 1.807) is 27.7 Å². The number of amides is 2. The van der Waals surface area contributed by atoms with Gasteiger partial charge in [-0.3, -0.25) is 4.79 Å². The second-order valence-corrected chi connectivity index (χ2v) is 6.99. The van der Waals surface area contributed by atoms with Gasteiger partial charge in [0.05, 0.1) is 0 Å². The highest BCUT2D eigenvalue weighted by Crippen LogP contribution is 2.11. The lowest BCUT2D eigenvalue weighted by Gasteiger charge is -2.32. The van der Waals surface area contributed by atoms with Gasteiger partial charge in [0, 0.05) is 19.1 Å². The van der Waals surface area contributed by atoms with Crippen molar-refractivity contribution in [3.63, 3.8) is 0 Å². The summed E-state index contributed by atoms with van der Waals surface area (Å²) in [5.74, 6) is -0.153. The van der Waals surface area contributed by atoms with Crippen LogP contribution in [0.1, 0.15) is 53.9 Å². The van der Waals surface area contributed by atoms with E-state index in [1.807, 2.05) is 0 Å². The van der Waals surface area contributed by atoms with Gasteiger partial charge in [-0.25, -0.2) is 4.79 Å². The third-order valence-electron chi connectivity index (χ3n) is 3.60. The predicted octanol–water partition coefficient (Wildman–Crippen LogP) is 1.89. The zero-order chi connectivity index (χ0) is 16.8. The first-order chi connectivity index (χ1) is 10.2. The van der Waals surface area contributed by atoms with Gasteiger partial charge in [0.2, 0.25) is 5.91 Å². The molecule has 6 heteroatoms. The van der Waals surface area contributed by atoms with Crippen LogP contribution in [-0.4, -0.2) is 54.2 Å². The van der Waals surface area contributed by atoms with Crippen molar-refractivity contribution in [3.8, 4) is 0 Å². The van der Waals surface area contributed by atoms with Crippen molar-refractivity contribution in [3.05, 3.63) is 0 Å². The van der Waals surface area contributed by atoms with E-state index in [4.69, 9.17) is 4.74 Å². The molecule has 0 aromatic heterocycles. The fraction of sp³-hybridized carbons (Fsp3) is 0.875. The number of nitrogens with one attached hydrogen (secondary N) is 2. The predicted molar refractivity (Wildman–Crippen MR) is 86.7 cm³/mol. The van der Waals surface area contributed by atoms with Gasteiger partial charge in [-0.2, -0.15) is 0 Å². The summed E-state index contributed by atoms with van der Waals surface area (Å²) < 4.78 is 5.15. The molecular formula is C16H31N3O3.